The van der Waals surface area contributed by atoms with E-state index in [2.05, 4.69) is 21.9 Å². The fourth-order valence-electron chi connectivity index (χ4n) is 6.62. The SMILES string of the molecule is Cc1noc(C)c1-c1cnc2c3ccc(C(C)(C)O)cc3n3c2c1-c1ccc(F)cc1C3C1CCOCC1. The molecular weight excluding hydrogens is 481 g/mol. The second kappa shape index (κ2) is 8.22. The predicted molar refractivity (Wildman–Crippen MR) is 145 cm³/mol. The Morgan fingerprint density at radius 3 is 2.53 bits per heavy atom. The molecule has 0 bridgehead atoms. The quantitative estimate of drug-likeness (QED) is 0.288. The molecule has 7 rings (SSSR count). The van der Waals surface area contributed by atoms with Crippen molar-refractivity contribution in [1.82, 2.24) is 14.7 Å². The van der Waals surface area contributed by atoms with Crippen LogP contribution < -0.4 is 0 Å². The molecule has 38 heavy (non-hydrogen) atoms. The average Bonchev–Trinajstić information content (AvgIpc) is 3.41. The molecule has 2 aliphatic rings. The molecule has 1 fully saturated rings. The molecular formula is C31H30FN3O3. The lowest BCUT2D eigenvalue weighted by Crippen LogP contribution is -2.29. The van der Waals surface area contributed by atoms with Gasteiger partial charge in [0, 0.05) is 41.5 Å². The summed E-state index contributed by atoms with van der Waals surface area (Å²) in [5.41, 5.74) is 8.40. The Hall–Kier alpha value is -3.55. The number of aromatic nitrogens is 3. The Kier molecular flexibility index (Phi) is 5.10. The van der Waals surface area contributed by atoms with Gasteiger partial charge in [-0.2, -0.15) is 0 Å². The summed E-state index contributed by atoms with van der Waals surface area (Å²) in [6.45, 7) is 8.82. The summed E-state index contributed by atoms with van der Waals surface area (Å²) >= 11 is 0. The van der Waals surface area contributed by atoms with Crippen LogP contribution >= 0.6 is 0 Å². The summed E-state index contributed by atoms with van der Waals surface area (Å²) in [6, 6.07) is 11.2. The molecule has 2 aliphatic heterocycles. The lowest BCUT2D eigenvalue weighted by Gasteiger charge is -2.37. The summed E-state index contributed by atoms with van der Waals surface area (Å²) in [7, 11) is 0. The molecule has 5 aromatic rings. The largest absolute Gasteiger partial charge is 0.386 e. The van der Waals surface area contributed by atoms with Gasteiger partial charge in [0.2, 0.25) is 0 Å². The van der Waals surface area contributed by atoms with Gasteiger partial charge in [-0.15, -0.1) is 0 Å². The molecule has 3 aromatic heterocycles. The minimum absolute atomic E-state index is 0.0872. The number of benzene rings is 2. The van der Waals surface area contributed by atoms with E-state index in [0.717, 1.165) is 79.6 Å². The topological polar surface area (TPSA) is 73.3 Å². The summed E-state index contributed by atoms with van der Waals surface area (Å²) in [5.74, 6) is 0.744. The van der Waals surface area contributed by atoms with Crippen molar-refractivity contribution in [3.8, 4) is 22.3 Å². The van der Waals surface area contributed by atoms with Gasteiger partial charge in [0.25, 0.3) is 0 Å². The molecule has 0 spiro atoms. The number of halogens is 1. The van der Waals surface area contributed by atoms with Gasteiger partial charge in [-0.3, -0.25) is 4.98 Å². The molecule has 0 saturated carbocycles. The maximum absolute atomic E-state index is 15.0. The maximum Gasteiger partial charge on any atom is 0.141 e. The van der Waals surface area contributed by atoms with E-state index < -0.39 is 5.60 Å². The van der Waals surface area contributed by atoms with Gasteiger partial charge >= 0.3 is 0 Å². The molecule has 1 saturated heterocycles. The lowest BCUT2D eigenvalue weighted by atomic mass is 9.79. The number of pyridine rings is 1. The maximum atomic E-state index is 15.0. The Bertz CT molecular complexity index is 1720. The van der Waals surface area contributed by atoms with Crippen LogP contribution in [0.15, 0.2) is 47.1 Å². The average molecular weight is 512 g/mol. The standard InChI is InChI=1S/C31H30FN3O3/c1-16-26(17(2)38-34-16)24-15-33-28-22-7-5-19(31(3,4)36)13-25(22)35-29(18-9-11-37-12-10-18)23-14-20(32)6-8-21(23)27(24)30(28)35/h5-8,13-15,18,29,36H,9-12H2,1-4H3. The fourth-order valence-corrected chi connectivity index (χ4v) is 6.62. The molecule has 194 valence electrons. The van der Waals surface area contributed by atoms with Crippen molar-refractivity contribution in [3.05, 3.63) is 71.0 Å². The van der Waals surface area contributed by atoms with Gasteiger partial charge in [0.1, 0.15) is 11.6 Å². The number of hydrogen-bond donors (Lipinski definition) is 1. The summed E-state index contributed by atoms with van der Waals surface area (Å²) in [6.07, 6.45) is 3.68. The second-order valence-electron chi connectivity index (χ2n) is 11.2. The monoisotopic (exact) mass is 511 g/mol. The molecule has 1 atom stereocenters. The van der Waals surface area contributed by atoms with Crippen LogP contribution in [0.5, 0.6) is 0 Å². The number of aryl methyl sites for hydroxylation is 2. The van der Waals surface area contributed by atoms with Crippen molar-refractivity contribution in [3.63, 3.8) is 0 Å². The number of aliphatic hydroxyl groups is 1. The Labute approximate surface area is 220 Å². The highest BCUT2D eigenvalue weighted by molar-refractivity contribution is 6.15. The van der Waals surface area contributed by atoms with Crippen molar-refractivity contribution < 1.29 is 18.8 Å². The molecule has 1 N–H and O–H groups in total. The second-order valence-corrected chi connectivity index (χ2v) is 11.2. The zero-order valence-corrected chi connectivity index (χ0v) is 22.0. The zero-order chi connectivity index (χ0) is 26.3. The van der Waals surface area contributed by atoms with Crippen molar-refractivity contribution in [1.29, 1.82) is 0 Å². The first kappa shape index (κ1) is 23.6. The number of hydrogen-bond acceptors (Lipinski definition) is 5. The number of fused-ring (bicyclic) bond motifs is 5. The van der Waals surface area contributed by atoms with Gasteiger partial charge in [-0.05, 0) is 81.3 Å². The third-order valence-corrected chi connectivity index (χ3v) is 8.41. The number of nitrogens with zero attached hydrogens (tertiary/aromatic N) is 3. The van der Waals surface area contributed by atoms with Gasteiger partial charge in [-0.25, -0.2) is 4.39 Å². The minimum atomic E-state index is -1.00. The third-order valence-electron chi connectivity index (χ3n) is 8.41. The lowest BCUT2D eigenvalue weighted by molar-refractivity contribution is 0.0551. The van der Waals surface area contributed by atoms with Crippen LogP contribution in [0, 0.1) is 25.6 Å². The molecule has 0 aliphatic carbocycles. The van der Waals surface area contributed by atoms with Crippen molar-refractivity contribution >= 4 is 21.9 Å². The normalized spacial score (nSPS) is 17.9. The van der Waals surface area contributed by atoms with E-state index in [1.165, 1.54) is 0 Å². The highest BCUT2D eigenvalue weighted by atomic mass is 19.1. The van der Waals surface area contributed by atoms with Crippen LogP contribution in [0.3, 0.4) is 0 Å². The van der Waals surface area contributed by atoms with E-state index in [-0.39, 0.29) is 17.8 Å². The summed E-state index contributed by atoms with van der Waals surface area (Å²) in [5, 5.41) is 16.1. The van der Waals surface area contributed by atoms with Crippen LogP contribution in [0.4, 0.5) is 4.39 Å². The van der Waals surface area contributed by atoms with Crippen molar-refractivity contribution in [2.45, 2.75) is 52.2 Å². The van der Waals surface area contributed by atoms with Crippen LogP contribution in [-0.2, 0) is 10.3 Å². The van der Waals surface area contributed by atoms with E-state index in [0.29, 0.717) is 13.2 Å². The first-order valence-corrected chi connectivity index (χ1v) is 13.2. The summed E-state index contributed by atoms with van der Waals surface area (Å²) in [4.78, 5) is 5.02. The predicted octanol–water partition coefficient (Wildman–Crippen LogP) is 6.82. The van der Waals surface area contributed by atoms with Crippen LogP contribution in [0.1, 0.15) is 55.3 Å². The Morgan fingerprint density at radius 2 is 1.82 bits per heavy atom. The molecule has 2 aromatic carbocycles. The molecule has 0 radical (unpaired) electrons. The first-order valence-electron chi connectivity index (χ1n) is 13.2. The third kappa shape index (κ3) is 3.31. The highest BCUT2D eigenvalue weighted by Gasteiger charge is 2.38. The number of rotatable bonds is 3. The Balaban J connectivity index is 1.67. The molecule has 0 amide bonds. The molecule has 6 nitrogen and oxygen atoms in total. The Morgan fingerprint density at radius 1 is 1.03 bits per heavy atom. The minimum Gasteiger partial charge on any atom is -0.386 e. The summed E-state index contributed by atoms with van der Waals surface area (Å²) < 4.78 is 28.6. The van der Waals surface area contributed by atoms with Crippen LogP contribution in [0.2, 0.25) is 0 Å². The van der Waals surface area contributed by atoms with Gasteiger partial charge in [0.15, 0.2) is 0 Å². The van der Waals surface area contributed by atoms with Gasteiger partial charge < -0.3 is 18.9 Å². The van der Waals surface area contributed by atoms with Gasteiger partial charge in [0.05, 0.1) is 33.9 Å². The van der Waals surface area contributed by atoms with E-state index in [1.807, 2.05) is 32.2 Å². The van der Waals surface area contributed by atoms with Crippen LogP contribution in [-0.4, -0.2) is 33.0 Å². The van der Waals surface area contributed by atoms with Crippen molar-refractivity contribution in [2.75, 3.05) is 13.2 Å². The highest BCUT2D eigenvalue weighted by Crippen LogP contribution is 2.52. The van der Waals surface area contributed by atoms with Gasteiger partial charge in [-0.1, -0.05) is 23.4 Å². The smallest absolute Gasteiger partial charge is 0.141 e. The fraction of sp³-hybridized carbons (Fsp3) is 0.355. The number of ether oxygens (including phenoxy) is 1. The molecule has 5 heterocycles. The van der Waals surface area contributed by atoms with Crippen molar-refractivity contribution in [2.24, 2.45) is 5.92 Å². The molecule has 7 heteroatoms. The van der Waals surface area contributed by atoms with E-state index in [9.17, 15) is 9.50 Å². The van der Waals surface area contributed by atoms with Crippen LogP contribution in [0.25, 0.3) is 44.2 Å². The molecule has 1 unspecified atom stereocenters. The first-order chi connectivity index (χ1) is 18.2. The van der Waals surface area contributed by atoms with E-state index >= 15 is 0 Å². The van der Waals surface area contributed by atoms with E-state index in [1.54, 1.807) is 26.0 Å². The van der Waals surface area contributed by atoms with E-state index in [4.69, 9.17) is 14.2 Å². The zero-order valence-electron chi connectivity index (χ0n) is 22.0.